The molecule has 2 saturated carbocycles. The van der Waals surface area contributed by atoms with Crippen LogP contribution in [-0.2, 0) is 20.9 Å². The van der Waals surface area contributed by atoms with E-state index < -0.39 is 20.9 Å². The van der Waals surface area contributed by atoms with E-state index in [2.05, 4.69) is 0 Å². The molecule has 1 atom stereocenters. The van der Waals surface area contributed by atoms with Gasteiger partial charge in [0.15, 0.2) is 20.9 Å². The van der Waals surface area contributed by atoms with Crippen LogP contribution in [0.15, 0.2) is 53.4 Å². The molecule has 0 aromatic heterocycles. The van der Waals surface area contributed by atoms with Crippen molar-refractivity contribution in [2.24, 2.45) is 0 Å². The molecule has 6 nitrogen and oxygen atoms in total. The summed E-state index contributed by atoms with van der Waals surface area (Å²) in [5.74, 6) is -0.319. The Morgan fingerprint density at radius 3 is 1.60 bits per heavy atom. The predicted molar refractivity (Wildman–Crippen MR) is 108 cm³/mol. The quantitative estimate of drug-likeness (QED) is 0.392. The average molecular weight is 464 g/mol. The summed E-state index contributed by atoms with van der Waals surface area (Å²) in [5.41, 5.74) is 0.996. The molecule has 2 aliphatic carbocycles. The molecule has 2 aliphatic rings. The summed E-state index contributed by atoms with van der Waals surface area (Å²) in [5, 5.41) is -0.0606. The topological polar surface area (TPSA) is 106 Å². The van der Waals surface area contributed by atoms with Crippen LogP contribution in [0.1, 0.15) is 46.4 Å². The number of rotatable bonds is 5. The number of halogens is 1. The second-order valence-corrected chi connectivity index (χ2v) is 10.0. The van der Waals surface area contributed by atoms with Crippen LogP contribution in [0.2, 0.25) is 0 Å². The standard InChI is InChI=1S/C10H10O3S.C7H5FO.C3H6O2S.Na/c11-7-8-1-3-9(4-2-8)14(12,13)10-5-6-10;8-7-3-1-6(5-9)2-4-7;4-6(5)3-1-2-3;/h1-4,7,10H,5-6H2;1-5H;3H,1-2H2,(H,4,5);/q;;;+1. The van der Waals surface area contributed by atoms with Gasteiger partial charge in [-0.1, -0.05) is 12.1 Å². The van der Waals surface area contributed by atoms with E-state index in [1.54, 1.807) is 0 Å². The van der Waals surface area contributed by atoms with Crippen molar-refractivity contribution in [3.63, 3.8) is 0 Å². The molecule has 4 rings (SSSR count). The molecule has 10 heteroatoms. The third-order valence-electron chi connectivity index (χ3n) is 4.12. The first-order valence-corrected chi connectivity index (χ1v) is 11.6. The first-order chi connectivity index (χ1) is 13.8. The molecule has 0 amide bonds. The van der Waals surface area contributed by atoms with Crippen molar-refractivity contribution in [1.29, 1.82) is 0 Å². The molecule has 156 valence electrons. The van der Waals surface area contributed by atoms with Gasteiger partial charge in [-0.05, 0) is 62.1 Å². The van der Waals surface area contributed by atoms with Crippen LogP contribution in [0.3, 0.4) is 0 Å². The predicted octanol–water partition coefficient (Wildman–Crippen LogP) is 0.448. The zero-order valence-corrected chi connectivity index (χ0v) is 20.1. The molecule has 0 saturated heterocycles. The monoisotopic (exact) mass is 463 g/mol. The maximum atomic E-state index is 12.1. The Morgan fingerprint density at radius 1 is 0.867 bits per heavy atom. The van der Waals surface area contributed by atoms with Crippen molar-refractivity contribution < 1.29 is 60.7 Å². The summed E-state index contributed by atoms with van der Waals surface area (Å²) in [6.45, 7) is 0. The van der Waals surface area contributed by atoms with Crippen molar-refractivity contribution in [1.82, 2.24) is 0 Å². The van der Waals surface area contributed by atoms with Crippen molar-refractivity contribution in [2.75, 3.05) is 0 Å². The van der Waals surface area contributed by atoms with Crippen LogP contribution in [-0.4, -0.2) is 40.3 Å². The smallest absolute Gasteiger partial charge is 0.306 e. The Labute approximate surface area is 199 Å². The van der Waals surface area contributed by atoms with Gasteiger partial charge in [-0.2, -0.15) is 0 Å². The van der Waals surface area contributed by atoms with Crippen molar-refractivity contribution in [3.8, 4) is 0 Å². The molecule has 30 heavy (non-hydrogen) atoms. The van der Waals surface area contributed by atoms with Crippen LogP contribution in [0.5, 0.6) is 0 Å². The van der Waals surface area contributed by atoms with Crippen molar-refractivity contribution >= 4 is 33.5 Å². The Kier molecular flexibility index (Phi) is 11.2. The number of carbonyl (C=O) groups is 2. The second-order valence-electron chi connectivity index (χ2n) is 6.58. The minimum Gasteiger partial charge on any atom is -0.306 e. The molecule has 0 bridgehead atoms. The van der Waals surface area contributed by atoms with Crippen LogP contribution in [0, 0.1) is 5.82 Å². The number of hydrogen-bond donors (Lipinski definition) is 1. The number of sulfone groups is 1. The minimum atomic E-state index is -3.11. The molecule has 1 unspecified atom stereocenters. The van der Waals surface area contributed by atoms with E-state index in [0.717, 1.165) is 25.7 Å². The Balaban J connectivity index is 0.000000242. The fourth-order valence-electron chi connectivity index (χ4n) is 2.12. The van der Waals surface area contributed by atoms with Gasteiger partial charge in [0.2, 0.25) is 0 Å². The van der Waals surface area contributed by atoms with Crippen LogP contribution < -0.4 is 29.6 Å². The fraction of sp³-hybridized carbons (Fsp3) is 0.300. The first-order valence-electron chi connectivity index (χ1n) is 8.87. The van der Waals surface area contributed by atoms with Gasteiger partial charge in [0.05, 0.1) is 15.4 Å². The Hall–Kier alpha value is -1.23. The number of carbonyl (C=O) groups excluding carboxylic acids is 2. The maximum absolute atomic E-state index is 12.1. The van der Waals surface area contributed by atoms with E-state index in [-0.39, 0.29) is 45.9 Å². The zero-order valence-electron chi connectivity index (χ0n) is 16.4. The molecular weight excluding hydrogens is 442 g/mol. The summed E-state index contributed by atoms with van der Waals surface area (Å²) < 4.78 is 53.6. The number of benzene rings is 2. The van der Waals surface area contributed by atoms with Gasteiger partial charge in [-0.25, -0.2) is 17.0 Å². The molecule has 0 spiro atoms. The number of hydrogen-bond acceptors (Lipinski definition) is 5. The van der Waals surface area contributed by atoms with Gasteiger partial charge in [0.25, 0.3) is 0 Å². The molecule has 2 aromatic carbocycles. The minimum absolute atomic E-state index is 0. The van der Waals surface area contributed by atoms with Gasteiger partial charge < -0.3 is 4.55 Å². The van der Waals surface area contributed by atoms with Crippen LogP contribution in [0.25, 0.3) is 0 Å². The van der Waals surface area contributed by atoms with E-state index in [0.29, 0.717) is 28.6 Å². The van der Waals surface area contributed by atoms with Crippen molar-refractivity contribution in [2.45, 2.75) is 41.1 Å². The average Bonchev–Trinajstić information content (AvgIpc) is 3.61. The number of aldehydes is 2. The summed E-state index contributed by atoms with van der Waals surface area (Å²) in [6, 6.07) is 11.4. The van der Waals surface area contributed by atoms with Gasteiger partial charge in [0, 0.05) is 11.1 Å². The van der Waals surface area contributed by atoms with E-state index >= 15 is 0 Å². The fourth-order valence-corrected chi connectivity index (χ4v) is 4.31. The SMILES string of the molecule is O=Cc1ccc(F)cc1.O=Cc1ccc(S(=O)(=O)C2CC2)cc1.O=S(O)C1CC1.[Na+]. The van der Waals surface area contributed by atoms with Gasteiger partial charge in [-0.15, -0.1) is 0 Å². The summed E-state index contributed by atoms with van der Waals surface area (Å²) >= 11 is -1.51. The van der Waals surface area contributed by atoms with E-state index in [1.807, 2.05) is 0 Å². The second kappa shape index (κ2) is 12.6. The molecule has 0 heterocycles. The van der Waals surface area contributed by atoms with Gasteiger partial charge >= 0.3 is 29.6 Å². The molecule has 2 fully saturated rings. The van der Waals surface area contributed by atoms with Crippen LogP contribution in [0.4, 0.5) is 4.39 Å². The molecule has 2 aromatic rings. The maximum Gasteiger partial charge on any atom is 1.00 e. The van der Waals surface area contributed by atoms with Gasteiger partial charge in [0.1, 0.15) is 18.4 Å². The first kappa shape index (κ1) is 26.8. The molecule has 1 N–H and O–H groups in total. The largest absolute Gasteiger partial charge is 1.00 e. The third kappa shape index (κ3) is 8.87. The summed E-state index contributed by atoms with van der Waals surface area (Å²) in [6.07, 6.45) is 4.80. The summed E-state index contributed by atoms with van der Waals surface area (Å²) in [7, 11) is -3.11. The molecule has 0 radical (unpaired) electrons. The molecular formula is C20H21FNaO6S2+. The summed E-state index contributed by atoms with van der Waals surface area (Å²) in [4.78, 5) is 20.7. The zero-order chi connectivity index (χ0) is 21.4. The Morgan fingerprint density at radius 2 is 1.30 bits per heavy atom. The van der Waals surface area contributed by atoms with Crippen LogP contribution >= 0.6 is 0 Å². The third-order valence-corrected chi connectivity index (χ3v) is 7.44. The van der Waals surface area contributed by atoms with E-state index in [1.165, 1.54) is 48.5 Å². The normalized spacial score (nSPS) is 15.8. The van der Waals surface area contributed by atoms with E-state index in [4.69, 9.17) is 4.55 Å². The van der Waals surface area contributed by atoms with Gasteiger partial charge in [-0.3, -0.25) is 9.59 Å². The molecule has 0 aliphatic heterocycles. The van der Waals surface area contributed by atoms with E-state index in [9.17, 15) is 26.6 Å². The van der Waals surface area contributed by atoms with Crippen molar-refractivity contribution in [3.05, 3.63) is 65.5 Å². The Bertz CT molecular complexity index is 954.